The summed E-state index contributed by atoms with van der Waals surface area (Å²) in [5.74, 6) is -0.691. The summed E-state index contributed by atoms with van der Waals surface area (Å²) < 4.78 is 0. The number of nitrogens with zero attached hydrogens (tertiary/aromatic N) is 2. The first-order valence-corrected chi connectivity index (χ1v) is 8.85. The maximum Gasteiger partial charge on any atom is 0.238 e. The van der Waals surface area contributed by atoms with Crippen LogP contribution in [0.25, 0.3) is 0 Å². The molecule has 0 aliphatic heterocycles. The molecule has 9 heteroatoms. The van der Waals surface area contributed by atoms with Crippen LogP contribution >= 0.6 is 34.8 Å². The Labute approximate surface area is 171 Å². The van der Waals surface area contributed by atoms with Crippen LogP contribution in [0.15, 0.2) is 36.4 Å². The highest BCUT2D eigenvalue weighted by atomic mass is 35.5. The smallest absolute Gasteiger partial charge is 0.238 e. The van der Waals surface area contributed by atoms with E-state index in [2.05, 4.69) is 10.6 Å². The second-order valence-electron chi connectivity index (χ2n) is 5.67. The molecule has 6 nitrogen and oxygen atoms in total. The van der Waals surface area contributed by atoms with Crippen LogP contribution in [0.3, 0.4) is 0 Å². The standard InChI is InChI=1S/C18H15Cl3N4O2/c1-25(10-17(27)24-18-13(19)3-2-4-14(18)20)9-16(26)23-12-6-5-11(8-22)15(21)7-12/h2-7H,9-10H2,1H3,(H,23,26)(H,24,27). The third-order valence-corrected chi connectivity index (χ3v) is 4.37. The fourth-order valence-electron chi connectivity index (χ4n) is 2.23. The predicted octanol–water partition coefficient (Wildman–Crippen LogP) is 4.03. The Bertz CT molecular complexity index is 892. The average Bonchev–Trinajstić information content (AvgIpc) is 2.58. The highest BCUT2D eigenvalue weighted by molar-refractivity contribution is 6.39. The van der Waals surface area contributed by atoms with Crippen molar-refractivity contribution in [3.63, 3.8) is 0 Å². The first-order valence-electron chi connectivity index (χ1n) is 7.72. The van der Waals surface area contributed by atoms with Crippen LogP contribution in [0.4, 0.5) is 11.4 Å². The molecule has 2 aromatic rings. The second kappa shape index (κ2) is 9.58. The zero-order valence-electron chi connectivity index (χ0n) is 14.2. The number of amides is 2. The lowest BCUT2D eigenvalue weighted by molar-refractivity contribution is -0.119. The van der Waals surface area contributed by atoms with Gasteiger partial charge in [-0.15, -0.1) is 0 Å². The molecular weight excluding hydrogens is 411 g/mol. The molecule has 0 bridgehead atoms. The zero-order chi connectivity index (χ0) is 20.0. The Balaban J connectivity index is 1.88. The van der Waals surface area contributed by atoms with Crippen LogP contribution in [0.5, 0.6) is 0 Å². The van der Waals surface area contributed by atoms with E-state index in [1.807, 2.05) is 6.07 Å². The second-order valence-corrected chi connectivity index (χ2v) is 6.89. The van der Waals surface area contributed by atoms with Crippen molar-refractivity contribution in [2.24, 2.45) is 0 Å². The number of hydrogen-bond donors (Lipinski definition) is 2. The fourth-order valence-corrected chi connectivity index (χ4v) is 2.94. The number of nitrogens with one attached hydrogen (secondary N) is 2. The van der Waals surface area contributed by atoms with Gasteiger partial charge in [0.25, 0.3) is 0 Å². The Morgan fingerprint density at radius 2 is 1.59 bits per heavy atom. The third-order valence-electron chi connectivity index (χ3n) is 3.43. The van der Waals surface area contributed by atoms with Gasteiger partial charge < -0.3 is 10.6 Å². The Kier molecular flexibility index (Phi) is 7.45. The largest absolute Gasteiger partial charge is 0.325 e. The van der Waals surface area contributed by atoms with Crippen LogP contribution in [0.2, 0.25) is 15.1 Å². The highest BCUT2D eigenvalue weighted by Gasteiger charge is 2.14. The van der Waals surface area contributed by atoms with Crippen molar-refractivity contribution in [3.05, 3.63) is 57.0 Å². The van der Waals surface area contributed by atoms with Crippen molar-refractivity contribution >= 4 is 58.0 Å². The van der Waals surface area contributed by atoms with Crippen LogP contribution in [-0.4, -0.2) is 36.9 Å². The molecule has 0 aliphatic rings. The van der Waals surface area contributed by atoms with Gasteiger partial charge >= 0.3 is 0 Å². The molecule has 0 unspecified atom stereocenters. The van der Waals surface area contributed by atoms with E-state index in [1.54, 1.807) is 31.3 Å². The average molecular weight is 426 g/mol. The molecule has 0 aliphatic carbocycles. The van der Waals surface area contributed by atoms with E-state index in [0.29, 0.717) is 27.0 Å². The number of rotatable bonds is 6. The van der Waals surface area contributed by atoms with Gasteiger partial charge in [0.15, 0.2) is 0 Å². The van der Waals surface area contributed by atoms with Gasteiger partial charge in [-0.05, 0) is 37.4 Å². The van der Waals surface area contributed by atoms with Crippen LogP contribution in [-0.2, 0) is 9.59 Å². The van der Waals surface area contributed by atoms with E-state index in [-0.39, 0.29) is 29.9 Å². The molecule has 140 valence electrons. The number of carbonyl (C=O) groups excluding carboxylic acids is 2. The first-order chi connectivity index (χ1) is 12.8. The number of likely N-dealkylation sites (N-methyl/N-ethyl adjacent to an activating group) is 1. The third kappa shape index (κ3) is 6.12. The summed E-state index contributed by atoms with van der Waals surface area (Å²) in [5.41, 5.74) is 1.11. The van der Waals surface area contributed by atoms with Crippen molar-refractivity contribution in [1.82, 2.24) is 4.90 Å². The van der Waals surface area contributed by atoms with E-state index in [9.17, 15) is 9.59 Å². The summed E-state index contributed by atoms with van der Waals surface area (Å²) in [4.78, 5) is 25.8. The molecule has 2 rings (SSSR count). The summed E-state index contributed by atoms with van der Waals surface area (Å²) >= 11 is 18.0. The number of halogens is 3. The van der Waals surface area contributed by atoms with Gasteiger partial charge in [-0.3, -0.25) is 14.5 Å². The van der Waals surface area contributed by atoms with Gasteiger partial charge in [0, 0.05) is 5.69 Å². The van der Waals surface area contributed by atoms with E-state index >= 15 is 0 Å². The molecule has 0 saturated carbocycles. The topological polar surface area (TPSA) is 85.2 Å². The summed E-state index contributed by atoms with van der Waals surface area (Å²) in [7, 11) is 1.62. The van der Waals surface area contributed by atoms with Gasteiger partial charge in [0.2, 0.25) is 11.8 Å². The fraction of sp³-hybridized carbons (Fsp3) is 0.167. The summed E-state index contributed by atoms with van der Waals surface area (Å²) in [6.45, 7) is -0.0651. The molecule has 2 N–H and O–H groups in total. The first kappa shape index (κ1) is 21.0. The quantitative estimate of drug-likeness (QED) is 0.732. The lowest BCUT2D eigenvalue weighted by Gasteiger charge is -2.17. The minimum atomic E-state index is -0.360. The van der Waals surface area contributed by atoms with Gasteiger partial charge in [0.05, 0.1) is 39.4 Å². The van der Waals surface area contributed by atoms with Crippen molar-refractivity contribution in [1.29, 1.82) is 5.26 Å². The number of anilines is 2. The monoisotopic (exact) mass is 424 g/mol. The van der Waals surface area contributed by atoms with Gasteiger partial charge in [-0.2, -0.15) is 5.26 Å². The molecule has 0 saturated heterocycles. The normalized spacial score (nSPS) is 10.4. The lowest BCUT2D eigenvalue weighted by atomic mass is 10.2. The van der Waals surface area contributed by atoms with Crippen molar-refractivity contribution in [2.45, 2.75) is 0 Å². The molecule has 0 fully saturated rings. The van der Waals surface area contributed by atoms with E-state index in [1.165, 1.54) is 17.0 Å². The van der Waals surface area contributed by atoms with Crippen molar-refractivity contribution in [2.75, 3.05) is 30.8 Å². The minimum Gasteiger partial charge on any atom is -0.325 e. The van der Waals surface area contributed by atoms with Crippen molar-refractivity contribution < 1.29 is 9.59 Å². The van der Waals surface area contributed by atoms with Crippen LogP contribution < -0.4 is 10.6 Å². The Morgan fingerprint density at radius 3 is 2.15 bits per heavy atom. The van der Waals surface area contributed by atoms with Crippen LogP contribution in [0.1, 0.15) is 5.56 Å². The minimum absolute atomic E-state index is 0.0265. The molecule has 0 atom stereocenters. The molecule has 27 heavy (non-hydrogen) atoms. The zero-order valence-corrected chi connectivity index (χ0v) is 16.5. The number of carbonyl (C=O) groups is 2. The molecule has 2 amide bonds. The van der Waals surface area contributed by atoms with Gasteiger partial charge in [-0.25, -0.2) is 0 Å². The van der Waals surface area contributed by atoms with E-state index in [0.717, 1.165) is 0 Å². The molecular formula is C18H15Cl3N4O2. The summed E-state index contributed by atoms with van der Waals surface area (Å²) in [5, 5.41) is 15.0. The molecule has 2 aromatic carbocycles. The molecule has 0 heterocycles. The Morgan fingerprint density at radius 1 is 1.00 bits per heavy atom. The Hall–Kier alpha value is -2.30. The van der Waals surface area contributed by atoms with E-state index < -0.39 is 0 Å². The van der Waals surface area contributed by atoms with Crippen LogP contribution in [0, 0.1) is 11.3 Å². The summed E-state index contributed by atoms with van der Waals surface area (Å²) in [6, 6.07) is 11.4. The van der Waals surface area contributed by atoms with E-state index in [4.69, 9.17) is 40.1 Å². The van der Waals surface area contributed by atoms with Gasteiger partial charge in [0.1, 0.15) is 6.07 Å². The molecule has 0 spiro atoms. The lowest BCUT2D eigenvalue weighted by Crippen LogP contribution is -2.36. The SMILES string of the molecule is CN(CC(=O)Nc1ccc(C#N)c(Cl)c1)CC(=O)Nc1c(Cl)cccc1Cl. The summed E-state index contributed by atoms with van der Waals surface area (Å²) in [6.07, 6.45) is 0. The number of benzene rings is 2. The highest BCUT2D eigenvalue weighted by Crippen LogP contribution is 2.29. The molecule has 0 aromatic heterocycles. The predicted molar refractivity (Wildman–Crippen MR) is 107 cm³/mol. The number of para-hydroxylation sites is 1. The molecule has 0 radical (unpaired) electrons. The number of nitriles is 1. The maximum atomic E-state index is 12.1. The van der Waals surface area contributed by atoms with Crippen molar-refractivity contribution in [3.8, 4) is 6.07 Å². The maximum absolute atomic E-state index is 12.1. The number of hydrogen-bond acceptors (Lipinski definition) is 4. The van der Waals surface area contributed by atoms with Gasteiger partial charge in [-0.1, -0.05) is 40.9 Å².